The number of ether oxygens (including phenoxy) is 2. The summed E-state index contributed by atoms with van der Waals surface area (Å²) >= 11 is 0. The molecule has 28 heavy (non-hydrogen) atoms. The molecule has 148 valence electrons. The number of para-hydroxylation sites is 1. The summed E-state index contributed by atoms with van der Waals surface area (Å²) in [6.07, 6.45) is 2.99. The molecular formula is C22H26N2O4. The Morgan fingerprint density at radius 2 is 1.79 bits per heavy atom. The number of carbonyl (C=O) groups excluding carboxylic acids is 2. The molecule has 1 saturated heterocycles. The maximum absolute atomic E-state index is 12.6. The van der Waals surface area contributed by atoms with Crippen LogP contribution in [0, 0.1) is 5.92 Å². The maximum atomic E-state index is 12.6. The highest BCUT2D eigenvalue weighted by atomic mass is 16.5. The zero-order chi connectivity index (χ0) is 19.9. The van der Waals surface area contributed by atoms with E-state index in [1.807, 2.05) is 11.0 Å². The maximum Gasteiger partial charge on any atom is 0.260 e. The highest BCUT2D eigenvalue weighted by molar-refractivity contribution is 5.96. The first kappa shape index (κ1) is 19.7. The first-order chi connectivity index (χ1) is 13.6. The van der Waals surface area contributed by atoms with E-state index >= 15 is 0 Å². The van der Waals surface area contributed by atoms with E-state index in [1.165, 1.54) is 12.7 Å². The number of likely N-dealkylation sites (tertiary alicyclic amines) is 1. The van der Waals surface area contributed by atoms with Crippen molar-refractivity contribution in [1.29, 1.82) is 0 Å². The zero-order valence-electron chi connectivity index (χ0n) is 16.1. The average Bonchev–Trinajstić information content (AvgIpc) is 2.73. The Kier molecular flexibility index (Phi) is 6.53. The van der Waals surface area contributed by atoms with Crippen LogP contribution >= 0.6 is 0 Å². The molecule has 1 fully saturated rings. The number of amides is 2. The number of hydrogen-bond acceptors (Lipinski definition) is 4. The van der Waals surface area contributed by atoms with E-state index < -0.39 is 5.91 Å². The van der Waals surface area contributed by atoms with Gasteiger partial charge in [-0.25, -0.2) is 0 Å². The molecule has 1 aliphatic heterocycles. The standard InChI is InChI=1S/C22H26N2O4/c1-27-19-9-5-8-18(22(23)26)21(19)28-15-20(25)24-12-10-17(11-13-24)14-16-6-3-2-4-7-16/h2-9,17H,10-15H2,1H3,(H2,23,26). The SMILES string of the molecule is COc1cccc(C(N)=O)c1OCC(=O)N1CCC(Cc2ccccc2)CC1. The molecule has 2 amide bonds. The van der Waals surface area contributed by atoms with Gasteiger partial charge in [-0.3, -0.25) is 9.59 Å². The molecule has 1 heterocycles. The van der Waals surface area contributed by atoms with Crippen LogP contribution in [0.2, 0.25) is 0 Å². The van der Waals surface area contributed by atoms with Gasteiger partial charge in [0.2, 0.25) is 0 Å². The summed E-state index contributed by atoms with van der Waals surface area (Å²) in [7, 11) is 1.48. The van der Waals surface area contributed by atoms with Crippen LogP contribution in [0.5, 0.6) is 11.5 Å². The number of nitrogens with two attached hydrogens (primary N) is 1. The second kappa shape index (κ2) is 9.26. The van der Waals surface area contributed by atoms with E-state index in [2.05, 4.69) is 24.3 Å². The third kappa shape index (κ3) is 4.82. The molecule has 0 spiro atoms. The summed E-state index contributed by atoms with van der Waals surface area (Å²) in [5, 5.41) is 0. The summed E-state index contributed by atoms with van der Waals surface area (Å²) < 4.78 is 10.9. The fraction of sp³-hybridized carbons (Fsp3) is 0.364. The van der Waals surface area contributed by atoms with Gasteiger partial charge in [0.25, 0.3) is 11.8 Å². The fourth-order valence-electron chi connectivity index (χ4n) is 3.58. The van der Waals surface area contributed by atoms with Crippen molar-refractivity contribution >= 4 is 11.8 Å². The number of methoxy groups -OCH3 is 1. The van der Waals surface area contributed by atoms with E-state index in [0.29, 0.717) is 24.8 Å². The second-order valence-electron chi connectivity index (χ2n) is 7.00. The normalized spacial score (nSPS) is 14.5. The van der Waals surface area contributed by atoms with Gasteiger partial charge < -0.3 is 20.1 Å². The van der Waals surface area contributed by atoms with Gasteiger partial charge in [0.15, 0.2) is 18.1 Å². The van der Waals surface area contributed by atoms with Crippen molar-refractivity contribution < 1.29 is 19.1 Å². The number of primary amides is 1. The topological polar surface area (TPSA) is 81.9 Å². The Bertz CT molecular complexity index is 815. The number of rotatable bonds is 7. The van der Waals surface area contributed by atoms with Crippen LogP contribution in [0.3, 0.4) is 0 Å². The molecule has 0 atom stereocenters. The molecule has 0 radical (unpaired) electrons. The minimum absolute atomic E-state index is 0.0977. The Morgan fingerprint density at radius 1 is 1.07 bits per heavy atom. The minimum atomic E-state index is -0.622. The number of carbonyl (C=O) groups is 2. The Morgan fingerprint density at radius 3 is 2.43 bits per heavy atom. The van der Waals surface area contributed by atoms with E-state index in [9.17, 15) is 9.59 Å². The van der Waals surface area contributed by atoms with Gasteiger partial charge in [-0.05, 0) is 42.9 Å². The fourth-order valence-corrected chi connectivity index (χ4v) is 3.58. The molecule has 6 heteroatoms. The van der Waals surface area contributed by atoms with E-state index in [1.54, 1.807) is 18.2 Å². The third-order valence-corrected chi connectivity index (χ3v) is 5.14. The van der Waals surface area contributed by atoms with Crippen molar-refractivity contribution in [2.45, 2.75) is 19.3 Å². The van der Waals surface area contributed by atoms with Gasteiger partial charge in [-0.15, -0.1) is 0 Å². The van der Waals surface area contributed by atoms with Crippen molar-refractivity contribution in [3.8, 4) is 11.5 Å². The molecular weight excluding hydrogens is 356 g/mol. The van der Waals surface area contributed by atoms with Crippen molar-refractivity contribution in [2.75, 3.05) is 26.8 Å². The molecule has 0 unspecified atom stereocenters. The predicted molar refractivity (Wildman–Crippen MR) is 106 cm³/mol. The van der Waals surface area contributed by atoms with Crippen molar-refractivity contribution in [1.82, 2.24) is 4.90 Å². The van der Waals surface area contributed by atoms with Crippen LogP contribution in [-0.4, -0.2) is 43.5 Å². The summed E-state index contributed by atoms with van der Waals surface area (Å²) in [6, 6.07) is 15.3. The van der Waals surface area contributed by atoms with Gasteiger partial charge in [-0.1, -0.05) is 36.4 Å². The van der Waals surface area contributed by atoms with Gasteiger partial charge in [0.05, 0.1) is 12.7 Å². The third-order valence-electron chi connectivity index (χ3n) is 5.14. The van der Waals surface area contributed by atoms with Crippen molar-refractivity contribution in [2.24, 2.45) is 11.7 Å². The summed E-state index contributed by atoms with van der Waals surface area (Å²) in [5.41, 5.74) is 6.94. The van der Waals surface area contributed by atoms with Gasteiger partial charge >= 0.3 is 0 Å². The summed E-state index contributed by atoms with van der Waals surface area (Å²) in [4.78, 5) is 26.0. The van der Waals surface area contributed by atoms with E-state index in [4.69, 9.17) is 15.2 Å². The lowest BCUT2D eigenvalue weighted by molar-refractivity contribution is -0.134. The Hall–Kier alpha value is -3.02. The molecule has 0 aromatic heterocycles. The largest absolute Gasteiger partial charge is 0.493 e. The molecule has 2 aromatic carbocycles. The van der Waals surface area contributed by atoms with Crippen LogP contribution in [0.25, 0.3) is 0 Å². The van der Waals surface area contributed by atoms with Crippen LogP contribution < -0.4 is 15.2 Å². The summed E-state index contributed by atoms with van der Waals surface area (Å²) in [5.74, 6) is 0.459. The number of nitrogens with zero attached hydrogens (tertiary/aromatic N) is 1. The molecule has 3 rings (SSSR count). The van der Waals surface area contributed by atoms with Gasteiger partial charge in [0.1, 0.15) is 0 Å². The predicted octanol–water partition coefficient (Wildman–Crippen LogP) is 2.65. The lowest BCUT2D eigenvalue weighted by Gasteiger charge is -2.32. The first-order valence-corrected chi connectivity index (χ1v) is 9.49. The van der Waals surface area contributed by atoms with Crippen LogP contribution in [-0.2, 0) is 11.2 Å². The van der Waals surface area contributed by atoms with E-state index in [0.717, 1.165) is 19.3 Å². The molecule has 0 saturated carbocycles. The first-order valence-electron chi connectivity index (χ1n) is 9.49. The molecule has 2 aromatic rings. The van der Waals surface area contributed by atoms with E-state index in [-0.39, 0.29) is 23.8 Å². The number of hydrogen-bond donors (Lipinski definition) is 1. The monoisotopic (exact) mass is 382 g/mol. The number of benzene rings is 2. The van der Waals surface area contributed by atoms with Crippen LogP contribution in [0.15, 0.2) is 48.5 Å². The zero-order valence-corrected chi connectivity index (χ0v) is 16.1. The molecule has 1 aliphatic rings. The lowest BCUT2D eigenvalue weighted by atomic mass is 9.90. The highest BCUT2D eigenvalue weighted by Gasteiger charge is 2.24. The number of piperidine rings is 1. The minimum Gasteiger partial charge on any atom is -0.493 e. The molecule has 6 nitrogen and oxygen atoms in total. The van der Waals surface area contributed by atoms with Gasteiger partial charge in [0, 0.05) is 13.1 Å². The molecule has 0 bridgehead atoms. The van der Waals surface area contributed by atoms with Crippen molar-refractivity contribution in [3.05, 3.63) is 59.7 Å². The van der Waals surface area contributed by atoms with Gasteiger partial charge in [-0.2, -0.15) is 0 Å². The van der Waals surface area contributed by atoms with Crippen LogP contribution in [0.4, 0.5) is 0 Å². The lowest BCUT2D eigenvalue weighted by Crippen LogP contribution is -2.41. The molecule has 0 aliphatic carbocycles. The Balaban J connectivity index is 1.53. The highest BCUT2D eigenvalue weighted by Crippen LogP contribution is 2.31. The van der Waals surface area contributed by atoms with Crippen LogP contribution in [0.1, 0.15) is 28.8 Å². The quantitative estimate of drug-likeness (QED) is 0.798. The van der Waals surface area contributed by atoms with Crippen molar-refractivity contribution in [3.63, 3.8) is 0 Å². The molecule has 2 N–H and O–H groups in total. The smallest absolute Gasteiger partial charge is 0.260 e. The average molecular weight is 382 g/mol. The summed E-state index contributed by atoms with van der Waals surface area (Å²) in [6.45, 7) is 1.28. The second-order valence-corrected chi connectivity index (χ2v) is 7.00. The Labute approximate surface area is 165 Å².